The number of para-hydroxylation sites is 2. The fourth-order valence-corrected chi connectivity index (χ4v) is 3.69. The first-order chi connectivity index (χ1) is 13.5. The number of carbonyl (C=O) groups is 1. The van der Waals surface area contributed by atoms with Gasteiger partial charge in [-0.3, -0.25) is 4.79 Å². The fraction of sp³-hybridized carbons (Fsp3) is 0.318. The van der Waals surface area contributed by atoms with Crippen molar-refractivity contribution in [3.8, 4) is 11.5 Å². The maximum Gasteiger partial charge on any atom is 0.272 e. The average molecular weight is 379 g/mol. The van der Waals surface area contributed by atoms with E-state index in [0.29, 0.717) is 12.3 Å². The zero-order valence-electron chi connectivity index (χ0n) is 16.6. The van der Waals surface area contributed by atoms with E-state index in [4.69, 9.17) is 9.47 Å². The number of ether oxygens (including phenoxy) is 2. The minimum Gasteiger partial charge on any atom is -0.493 e. The van der Waals surface area contributed by atoms with Crippen LogP contribution in [0.25, 0.3) is 10.9 Å². The van der Waals surface area contributed by atoms with Gasteiger partial charge in [-0.1, -0.05) is 12.1 Å². The van der Waals surface area contributed by atoms with Crippen molar-refractivity contribution in [1.82, 2.24) is 4.98 Å². The van der Waals surface area contributed by atoms with Crippen LogP contribution >= 0.6 is 0 Å². The van der Waals surface area contributed by atoms with E-state index in [0.717, 1.165) is 45.8 Å². The molecule has 1 amide bonds. The van der Waals surface area contributed by atoms with E-state index < -0.39 is 0 Å². The Morgan fingerprint density at radius 3 is 2.86 bits per heavy atom. The molecule has 1 atom stereocenters. The highest BCUT2D eigenvalue weighted by molar-refractivity contribution is 6.08. The summed E-state index contributed by atoms with van der Waals surface area (Å²) in [6.45, 7) is 4.56. The van der Waals surface area contributed by atoms with Crippen molar-refractivity contribution >= 4 is 28.2 Å². The third-order valence-electron chi connectivity index (χ3n) is 4.91. The van der Waals surface area contributed by atoms with Gasteiger partial charge in [-0.2, -0.15) is 0 Å². The minimum atomic E-state index is -0.201. The molecule has 0 saturated carbocycles. The second-order valence-corrected chi connectivity index (χ2v) is 7.27. The number of carbonyl (C=O) groups excluding carboxylic acids is 1. The Morgan fingerprint density at radius 1 is 1.32 bits per heavy atom. The van der Waals surface area contributed by atoms with E-state index in [1.54, 1.807) is 0 Å². The van der Waals surface area contributed by atoms with Crippen LogP contribution in [0.3, 0.4) is 0 Å². The molecule has 28 heavy (non-hydrogen) atoms. The Hall–Kier alpha value is -3.15. The highest BCUT2D eigenvalue weighted by Crippen LogP contribution is 2.41. The van der Waals surface area contributed by atoms with E-state index in [-0.39, 0.29) is 12.0 Å². The van der Waals surface area contributed by atoms with Gasteiger partial charge >= 0.3 is 0 Å². The molecule has 4 rings (SSSR count). The number of benzene rings is 2. The van der Waals surface area contributed by atoms with Crippen LogP contribution in [0.2, 0.25) is 0 Å². The number of hydrogen-bond acceptors (Lipinski definition) is 4. The Bertz CT molecular complexity index is 1040. The molecule has 0 radical (unpaired) electrons. The van der Waals surface area contributed by atoms with Crippen LogP contribution in [0, 0.1) is 0 Å². The van der Waals surface area contributed by atoms with E-state index in [1.165, 1.54) is 0 Å². The van der Waals surface area contributed by atoms with Crippen LogP contribution in [0.1, 0.15) is 29.9 Å². The number of aromatic nitrogens is 1. The molecule has 2 heterocycles. The number of aromatic amines is 1. The van der Waals surface area contributed by atoms with E-state index in [2.05, 4.69) is 10.3 Å². The normalized spacial score (nSPS) is 15.2. The van der Waals surface area contributed by atoms with Crippen LogP contribution in [-0.4, -0.2) is 37.7 Å². The predicted octanol–water partition coefficient (Wildman–Crippen LogP) is 4.21. The number of H-pyrrole nitrogens is 1. The van der Waals surface area contributed by atoms with Crippen molar-refractivity contribution in [2.24, 2.45) is 0 Å². The van der Waals surface area contributed by atoms with Gasteiger partial charge in [0, 0.05) is 31.5 Å². The smallest absolute Gasteiger partial charge is 0.272 e. The molecular weight excluding hydrogens is 354 g/mol. The van der Waals surface area contributed by atoms with Crippen LogP contribution in [0.5, 0.6) is 11.5 Å². The Morgan fingerprint density at radius 2 is 2.11 bits per heavy atom. The highest BCUT2D eigenvalue weighted by atomic mass is 16.5. The summed E-state index contributed by atoms with van der Waals surface area (Å²) in [4.78, 5) is 18.2. The lowest BCUT2D eigenvalue weighted by molar-refractivity contribution is 0.102. The summed E-state index contributed by atoms with van der Waals surface area (Å²) in [6.07, 6.45) is 0.949. The number of anilines is 2. The molecule has 0 aliphatic carbocycles. The van der Waals surface area contributed by atoms with Crippen molar-refractivity contribution < 1.29 is 14.3 Å². The van der Waals surface area contributed by atoms with Crippen molar-refractivity contribution in [2.45, 2.75) is 26.4 Å². The second kappa shape index (κ2) is 7.11. The number of fused-ring (bicyclic) bond motifs is 3. The summed E-state index contributed by atoms with van der Waals surface area (Å²) in [5.41, 5.74) is 4.10. The van der Waals surface area contributed by atoms with Gasteiger partial charge < -0.3 is 24.7 Å². The van der Waals surface area contributed by atoms with Crippen LogP contribution < -0.4 is 19.7 Å². The van der Waals surface area contributed by atoms with Gasteiger partial charge in [0.15, 0.2) is 0 Å². The quantitative estimate of drug-likeness (QED) is 0.697. The monoisotopic (exact) mass is 379 g/mol. The lowest BCUT2D eigenvalue weighted by Gasteiger charge is -2.17. The topological polar surface area (TPSA) is 66.6 Å². The summed E-state index contributed by atoms with van der Waals surface area (Å²) in [5, 5.41) is 3.87. The van der Waals surface area contributed by atoms with Crippen molar-refractivity contribution in [3.05, 3.63) is 47.7 Å². The second-order valence-electron chi connectivity index (χ2n) is 7.27. The van der Waals surface area contributed by atoms with E-state index >= 15 is 0 Å². The molecule has 2 aromatic carbocycles. The van der Waals surface area contributed by atoms with E-state index in [1.807, 2.05) is 69.2 Å². The van der Waals surface area contributed by atoms with Gasteiger partial charge in [0.2, 0.25) is 0 Å². The lowest BCUT2D eigenvalue weighted by atomic mass is 10.1. The highest BCUT2D eigenvalue weighted by Gasteiger charge is 2.26. The van der Waals surface area contributed by atoms with Gasteiger partial charge in [0.25, 0.3) is 5.91 Å². The maximum atomic E-state index is 12.9. The lowest BCUT2D eigenvalue weighted by Crippen LogP contribution is -2.16. The molecule has 0 fully saturated rings. The summed E-state index contributed by atoms with van der Waals surface area (Å²) in [6, 6.07) is 11.6. The molecule has 1 unspecified atom stereocenters. The molecule has 1 aliphatic heterocycles. The van der Waals surface area contributed by atoms with Gasteiger partial charge in [-0.05, 0) is 38.1 Å². The first-order valence-corrected chi connectivity index (χ1v) is 9.53. The molecule has 146 valence electrons. The number of rotatable bonds is 5. The molecule has 6 nitrogen and oxygen atoms in total. The number of hydrogen-bond donors (Lipinski definition) is 2. The number of amides is 1. The molecule has 0 spiro atoms. The van der Waals surface area contributed by atoms with Crippen molar-refractivity contribution in [1.29, 1.82) is 0 Å². The number of nitrogens with zero attached hydrogens (tertiary/aromatic N) is 1. The molecule has 3 aromatic rings. The summed E-state index contributed by atoms with van der Waals surface area (Å²) in [7, 11) is 3.90. The Kier molecular flexibility index (Phi) is 4.63. The van der Waals surface area contributed by atoms with Crippen LogP contribution in [-0.2, 0) is 6.42 Å². The largest absolute Gasteiger partial charge is 0.493 e. The summed E-state index contributed by atoms with van der Waals surface area (Å²) in [5.74, 6) is 1.39. The van der Waals surface area contributed by atoms with Gasteiger partial charge in [0.05, 0.1) is 23.5 Å². The molecule has 1 aliphatic rings. The standard InChI is InChI=1S/C22H25N3O3/c1-5-27-19-11-14-10-13(2)28-21(14)20-15(19)12-17(23-20)22(26)24-16-8-6-7-9-18(16)25(3)4/h6-9,11-13,23H,5,10H2,1-4H3,(H,24,26). The number of nitrogens with one attached hydrogen (secondary N) is 2. The third-order valence-corrected chi connectivity index (χ3v) is 4.91. The third kappa shape index (κ3) is 3.15. The minimum absolute atomic E-state index is 0.114. The zero-order valence-corrected chi connectivity index (χ0v) is 16.6. The predicted molar refractivity (Wildman–Crippen MR) is 112 cm³/mol. The summed E-state index contributed by atoms with van der Waals surface area (Å²) >= 11 is 0. The van der Waals surface area contributed by atoms with E-state index in [9.17, 15) is 4.79 Å². The van der Waals surface area contributed by atoms with Crippen LogP contribution in [0.15, 0.2) is 36.4 Å². The van der Waals surface area contributed by atoms with Gasteiger partial charge in [-0.15, -0.1) is 0 Å². The fourth-order valence-electron chi connectivity index (χ4n) is 3.69. The molecule has 0 bridgehead atoms. The van der Waals surface area contributed by atoms with Crippen molar-refractivity contribution in [2.75, 3.05) is 30.9 Å². The average Bonchev–Trinajstić information content (AvgIpc) is 3.25. The zero-order chi connectivity index (χ0) is 19.8. The SMILES string of the molecule is CCOc1cc2c(c3[nH]c(C(=O)Nc4ccccc4N(C)C)cc13)OC(C)C2. The molecule has 6 heteroatoms. The first kappa shape index (κ1) is 18.2. The molecule has 1 aromatic heterocycles. The molecular formula is C22H25N3O3. The Balaban J connectivity index is 1.73. The van der Waals surface area contributed by atoms with Gasteiger partial charge in [0.1, 0.15) is 23.3 Å². The molecule has 2 N–H and O–H groups in total. The van der Waals surface area contributed by atoms with Gasteiger partial charge in [-0.25, -0.2) is 0 Å². The maximum absolute atomic E-state index is 12.9. The van der Waals surface area contributed by atoms with Crippen LogP contribution in [0.4, 0.5) is 11.4 Å². The van der Waals surface area contributed by atoms with Crippen molar-refractivity contribution in [3.63, 3.8) is 0 Å². The Labute approximate surface area is 164 Å². The molecule has 0 saturated heterocycles. The summed E-state index contributed by atoms with van der Waals surface area (Å²) < 4.78 is 11.8. The first-order valence-electron chi connectivity index (χ1n) is 9.53.